The van der Waals surface area contributed by atoms with Crippen LogP contribution in [-0.2, 0) is 0 Å². The summed E-state index contributed by atoms with van der Waals surface area (Å²) in [6.45, 7) is 3.79. The van der Waals surface area contributed by atoms with E-state index < -0.39 is 5.92 Å². The van der Waals surface area contributed by atoms with Crippen LogP contribution >= 0.6 is 0 Å². The number of ketones is 1. The van der Waals surface area contributed by atoms with E-state index in [4.69, 9.17) is 4.74 Å². The maximum Gasteiger partial charge on any atom is 0.173 e. The van der Waals surface area contributed by atoms with Gasteiger partial charge in [-0.1, -0.05) is 25.1 Å². The molecule has 2 aromatic carbocycles. The van der Waals surface area contributed by atoms with Crippen LogP contribution in [0.3, 0.4) is 0 Å². The molecule has 25 heavy (non-hydrogen) atoms. The van der Waals surface area contributed by atoms with Gasteiger partial charge in [0.1, 0.15) is 11.6 Å². The second kappa shape index (κ2) is 7.68. The minimum atomic E-state index is -0.559. The van der Waals surface area contributed by atoms with Crippen LogP contribution in [0.15, 0.2) is 42.5 Å². The number of piperidine rings is 1. The largest absolute Gasteiger partial charge is 0.496 e. The van der Waals surface area contributed by atoms with E-state index in [1.165, 1.54) is 25.3 Å². The molecule has 1 aliphatic heterocycles. The lowest BCUT2D eigenvalue weighted by atomic mass is 9.91. The first-order valence-electron chi connectivity index (χ1n) is 8.83. The molecule has 132 valence electrons. The summed E-state index contributed by atoms with van der Waals surface area (Å²) in [5, 5.41) is 0. The third-order valence-corrected chi connectivity index (χ3v) is 4.94. The van der Waals surface area contributed by atoms with Gasteiger partial charge in [0, 0.05) is 30.8 Å². The van der Waals surface area contributed by atoms with Crippen molar-refractivity contribution < 1.29 is 13.9 Å². The predicted molar refractivity (Wildman–Crippen MR) is 98.2 cm³/mol. The molecule has 3 nitrogen and oxygen atoms in total. The highest BCUT2D eigenvalue weighted by molar-refractivity contribution is 6.03. The van der Waals surface area contributed by atoms with E-state index >= 15 is 0 Å². The molecule has 0 spiro atoms. The molecule has 0 aliphatic carbocycles. The number of carbonyl (C=O) groups excluding carboxylic acids is 1. The van der Waals surface area contributed by atoms with E-state index in [1.807, 2.05) is 18.2 Å². The number of rotatable bonds is 5. The summed E-state index contributed by atoms with van der Waals surface area (Å²) >= 11 is 0. The molecule has 0 bridgehead atoms. The zero-order valence-electron chi connectivity index (χ0n) is 14.8. The molecule has 1 saturated heterocycles. The van der Waals surface area contributed by atoms with Gasteiger partial charge in [0.05, 0.1) is 12.7 Å². The molecule has 1 aliphatic rings. The lowest BCUT2D eigenvalue weighted by Gasteiger charge is -2.29. The van der Waals surface area contributed by atoms with Crippen LogP contribution in [0.25, 0.3) is 0 Å². The van der Waals surface area contributed by atoms with Crippen LogP contribution in [0.1, 0.15) is 48.0 Å². The van der Waals surface area contributed by atoms with Gasteiger partial charge in [-0.25, -0.2) is 4.39 Å². The highest BCUT2D eigenvalue weighted by Gasteiger charge is 2.24. The van der Waals surface area contributed by atoms with Gasteiger partial charge in [0.2, 0.25) is 0 Å². The highest BCUT2D eigenvalue weighted by atomic mass is 19.1. The fourth-order valence-corrected chi connectivity index (χ4v) is 3.43. The van der Waals surface area contributed by atoms with Crippen molar-refractivity contribution in [3.63, 3.8) is 0 Å². The third kappa shape index (κ3) is 3.68. The van der Waals surface area contributed by atoms with Gasteiger partial charge >= 0.3 is 0 Å². The van der Waals surface area contributed by atoms with Crippen LogP contribution in [-0.4, -0.2) is 26.0 Å². The molecule has 0 aromatic heterocycles. The third-order valence-electron chi connectivity index (χ3n) is 4.94. The van der Waals surface area contributed by atoms with Crippen LogP contribution in [0, 0.1) is 5.82 Å². The Balaban J connectivity index is 1.88. The summed E-state index contributed by atoms with van der Waals surface area (Å²) in [4.78, 5) is 15.2. The van der Waals surface area contributed by atoms with E-state index in [2.05, 4.69) is 4.90 Å². The van der Waals surface area contributed by atoms with Crippen LogP contribution < -0.4 is 9.64 Å². The maximum absolute atomic E-state index is 14.0. The Morgan fingerprint density at radius 2 is 1.84 bits per heavy atom. The SMILES string of the molecule is COc1cc(N2CCCCC2)ccc1C(=O)[C@@H](C)c1ccccc1F. The van der Waals surface area contributed by atoms with Gasteiger partial charge < -0.3 is 9.64 Å². The number of hydrogen-bond donors (Lipinski definition) is 0. The Morgan fingerprint density at radius 1 is 1.12 bits per heavy atom. The number of benzene rings is 2. The fourth-order valence-electron chi connectivity index (χ4n) is 3.43. The Kier molecular flexibility index (Phi) is 5.37. The van der Waals surface area contributed by atoms with Crippen molar-refractivity contribution in [1.29, 1.82) is 0 Å². The summed E-state index contributed by atoms with van der Waals surface area (Å²) < 4.78 is 19.5. The summed E-state index contributed by atoms with van der Waals surface area (Å²) in [5.74, 6) is -0.494. The molecule has 0 radical (unpaired) electrons. The van der Waals surface area contributed by atoms with Gasteiger partial charge in [0.15, 0.2) is 5.78 Å². The fraction of sp³-hybridized carbons (Fsp3) is 0.381. The first kappa shape index (κ1) is 17.5. The smallest absolute Gasteiger partial charge is 0.173 e. The Hall–Kier alpha value is -2.36. The number of Topliss-reactive ketones (excluding diaryl/α,β-unsaturated/α-hetero) is 1. The zero-order chi connectivity index (χ0) is 17.8. The van der Waals surface area contributed by atoms with Gasteiger partial charge in [-0.2, -0.15) is 0 Å². The van der Waals surface area contributed by atoms with Crippen molar-refractivity contribution in [3.8, 4) is 5.75 Å². The monoisotopic (exact) mass is 341 g/mol. The number of anilines is 1. The van der Waals surface area contributed by atoms with Crippen molar-refractivity contribution in [2.45, 2.75) is 32.1 Å². The Labute approximate surface area is 148 Å². The average Bonchev–Trinajstić information content (AvgIpc) is 2.67. The highest BCUT2D eigenvalue weighted by Crippen LogP contribution is 2.32. The van der Waals surface area contributed by atoms with E-state index in [9.17, 15) is 9.18 Å². The molecule has 2 aromatic rings. The van der Waals surface area contributed by atoms with Crippen LogP contribution in [0.2, 0.25) is 0 Å². The normalized spacial score (nSPS) is 15.7. The van der Waals surface area contributed by atoms with E-state index in [0.717, 1.165) is 18.8 Å². The molecule has 0 unspecified atom stereocenters. The molecule has 0 N–H and O–H groups in total. The van der Waals surface area contributed by atoms with Gasteiger partial charge in [0.25, 0.3) is 0 Å². The number of carbonyl (C=O) groups is 1. The second-order valence-electron chi connectivity index (χ2n) is 6.54. The quantitative estimate of drug-likeness (QED) is 0.731. The van der Waals surface area contributed by atoms with E-state index in [-0.39, 0.29) is 11.6 Å². The van der Waals surface area contributed by atoms with E-state index in [0.29, 0.717) is 16.9 Å². The Morgan fingerprint density at radius 3 is 2.52 bits per heavy atom. The summed E-state index contributed by atoms with van der Waals surface area (Å²) in [5.41, 5.74) is 1.99. The van der Waals surface area contributed by atoms with Crippen molar-refractivity contribution in [3.05, 3.63) is 59.4 Å². The average molecular weight is 341 g/mol. The van der Waals surface area contributed by atoms with Crippen molar-refractivity contribution in [1.82, 2.24) is 0 Å². The zero-order valence-corrected chi connectivity index (χ0v) is 14.8. The molecule has 1 fully saturated rings. The first-order chi connectivity index (χ1) is 12.1. The topological polar surface area (TPSA) is 29.5 Å². The number of nitrogens with zero attached hydrogens (tertiary/aromatic N) is 1. The van der Waals surface area contributed by atoms with Crippen molar-refractivity contribution in [2.75, 3.05) is 25.1 Å². The summed E-state index contributed by atoms with van der Waals surface area (Å²) in [7, 11) is 1.57. The molecule has 0 saturated carbocycles. The molecule has 0 amide bonds. The lowest BCUT2D eigenvalue weighted by molar-refractivity contribution is 0.0961. The van der Waals surface area contributed by atoms with Gasteiger partial charge in [-0.3, -0.25) is 4.79 Å². The van der Waals surface area contributed by atoms with Crippen molar-refractivity contribution >= 4 is 11.5 Å². The molecule has 4 heteroatoms. The second-order valence-corrected chi connectivity index (χ2v) is 6.54. The van der Waals surface area contributed by atoms with Crippen molar-refractivity contribution in [2.24, 2.45) is 0 Å². The van der Waals surface area contributed by atoms with Gasteiger partial charge in [-0.05, 0) is 43.0 Å². The number of halogens is 1. The first-order valence-corrected chi connectivity index (χ1v) is 8.83. The number of ether oxygens (including phenoxy) is 1. The number of methoxy groups -OCH3 is 1. The van der Waals surface area contributed by atoms with E-state index in [1.54, 1.807) is 32.2 Å². The van der Waals surface area contributed by atoms with Gasteiger partial charge in [-0.15, -0.1) is 0 Å². The minimum absolute atomic E-state index is 0.132. The molecular formula is C21H24FNO2. The standard InChI is InChI=1S/C21H24FNO2/c1-15(17-8-4-5-9-19(17)22)21(24)18-11-10-16(14-20(18)25-2)23-12-6-3-7-13-23/h4-5,8-11,14-15H,3,6-7,12-13H2,1-2H3/t15-/m0/s1. The Bertz CT molecular complexity index is 753. The molecular weight excluding hydrogens is 317 g/mol. The molecule has 1 heterocycles. The minimum Gasteiger partial charge on any atom is -0.496 e. The maximum atomic E-state index is 14.0. The number of hydrogen-bond acceptors (Lipinski definition) is 3. The predicted octanol–water partition coefficient (Wildman–Crippen LogP) is 4.81. The van der Waals surface area contributed by atoms with Crippen LogP contribution in [0.4, 0.5) is 10.1 Å². The van der Waals surface area contributed by atoms with Crippen LogP contribution in [0.5, 0.6) is 5.75 Å². The summed E-state index contributed by atoms with van der Waals surface area (Å²) in [6.07, 6.45) is 3.64. The lowest BCUT2D eigenvalue weighted by Crippen LogP contribution is -2.29. The summed E-state index contributed by atoms with van der Waals surface area (Å²) in [6, 6.07) is 12.1. The molecule has 1 atom stereocenters. The molecule has 3 rings (SSSR count).